The number of hydrogen-bond acceptors (Lipinski definition) is 0. The Kier molecular flexibility index (Phi) is 4.75. The lowest BCUT2D eigenvalue weighted by Crippen LogP contribution is -1.87. The maximum absolute atomic E-state index is 2.25. The molecule has 1 rings (SSSR count). The summed E-state index contributed by atoms with van der Waals surface area (Å²) in [6.45, 7) is 2.25. The van der Waals surface area contributed by atoms with E-state index in [2.05, 4.69) is 37.3 Å². The SMILES string of the molecule is CCCPPc1ccccc1. The summed E-state index contributed by atoms with van der Waals surface area (Å²) >= 11 is 0. The Morgan fingerprint density at radius 2 is 1.91 bits per heavy atom. The average molecular weight is 184 g/mol. The summed E-state index contributed by atoms with van der Waals surface area (Å²) < 4.78 is 0. The summed E-state index contributed by atoms with van der Waals surface area (Å²) in [6, 6.07) is 10.8. The van der Waals surface area contributed by atoms with Crippen LogP contribution in [0.25, 0.3) is 0 Å². The van der Waals surface area contributed by atoms with Crippen molar-refractivity contribution in [2.45, 2.75) is 13.3 Å². The van der Waals surface area contributed by atoms with Crippen molar-refractivity contribution in [1.82, 2.24) is 0 Å². The third-order valence-electron chi connectivity index (χ3n) is 1.38. The molecule has 1 aromatic carbocycles. The molecule has 11 heavy (non-hydrogen) atoms. The van der Waals surface area contributed by atoms with Crippen molar-refractivity contribution in [2.24, 2.45) is 0 Å². The zero-order valence-corrected chi connectivity index (χ0v) is 8.80. The van der Waals surface area contributed by atoms with Crippen LogP contribution in [0.5, 0.6) is 0 Å². The molecule has 0 aliphatic heterocycles. The van der Waals surface area contributed by atoms with Gasteiger partial charge < -0.3 is 0 Å². The van der Waals surface area contributed by atoms with Crippen molar-refractivity contribution in [3.8, 4) is 0 Å². The second-order valence-electron chi connectivity index (χ2n) is 2.42. The molecule has 1 aromatic rings. The van der Waals surface area contributed by atoms with Gasteiger partial charge in [0.05, 0.1) is 0 Å². The lowest BCUT2D eigenvalue weighted by atomic mass is 10.4. The predicted molar refractivity (Wildman–Crippen MR) is 57.9 cm³/mol. The lowest BCUT2D eigenvalue weighted by molar-refractivity contribution is 1.11. The number of rotatable bonds is 4. The van der Waals surface area contributed by atoms with E-state index in [1.165, 1.54) is 17.9 Å². The molecule has 0 amide bonds. The van der Waals surface area contributed by atoms with Crippen LogP contribution in [0, 0.1) is 0 Å². The number of benzene rings is 1. The number of hydrogen-bond donors (Lipinski definition) is 0. The topological polar surface area (TPSA) is 0 Å². The normalized spacial score (nSPS) is 12.1. The van der Waals surface area contributed by atoms with Gasteiger partial charge in [0.25, 0.3) is 0 Å². The van der Waals surface area contributed by atoms with Crippen LogP contribution in [0.4, 0.5) is 0 Å². The highest BCUT2D eigenvalue weighted by Crippen LogP contribution is 2.35. The van der Waals surface area contributed by atoms with Gasteiger partial charge in [0, 0.05) is 0 Å². The minimum Gasteiger partial charge on any atom is -0.0946 e. The smallest absolute Gasteiger partial charge is 0.0230 e. The predicted octanol–water partition coefficient (Wildman–Crippen LogP) is 2.99. The van der Waals surface area contributed by atoms with E-state index in [0.29, 0.717) is 0 Å². The fourth-order valence-corrected chi connectivity index (χ4v) is 3.99. The summed E-state index contributed by atoms with van der Waals surface area (Å²) in [6.07, 6.45) is 2.73. The van der Waals surface area contributed by atoms with E-state index >= 15 is 0 Å². The third-order valence-corrected chi connectivity index (χ3v) is 5.08. The van der Waals surface area contributed by atoms with Crippen LogP contribution in [0.2, 0.25) is 0 Å². The summed E-state index contributed by atoms with van der Waals surface area (Å²) in [7, 11) is 2.18. The summed E-state index contributed by atoms with van der Waals surface area (Å²) in [5, 5.41) is 1.51. The van der Waals surface area contributed by atoms with Gasteiger partial charge in [-0.25, -0.2) is 0 Å². The molecule has 60 valence electrons. The maximum atomic E-state index is 2.25. The molecule has 0 heterocycles. The Bertz CT molecular complexity index is 184. The Balaban J connectivity index is 2.28. The first kappa shape index (κ1) is 9.17. The highest BCUT2D eigenvalue weighted by atomic mass is 32.0. The molecule has 0 saturated heterocycles. The second kappa shape index (κ2) is 5.70. The van der Waals surface area contributed by atoms with Gasteiger partial charge in [-0.3, -0.25) is 0 Å². The average Bonchev–Trinajstić information content (AvgIpc) is 2.07. The van der Waals surface area contributed by atoms with Crippen LogP contribution in [0.1, 0.15) is 13.3 Å². The summed E-state index contributed by atoms with van der Waals surface area (Å²) in [5.41, 5.74) is 0. The van der Waals surface area contributed by atoms with E-state index in [4.69, 9.17) is 0 Å². The molecular formula is C9H14P2. The first-order valence-corrected chi connectivity index (χ1v) is 7.18. The maximum Gasteiger partial charge on any atom is -0.0230 e. The Morgan fingerprint density at radius 3 is 2.55 bits per heavy atom. The van der Waals surface area contributed by atoms with Gasteiger partial charge in [0.1, 0.15) is 0 Å². The first-order valence-electron chi connectivity index (χ1n) is 3.97. The minimum absolute atomic E-state index is 1.04. The van der Waals surface area contributed by atoms with Crippen LogP contribution in [-0.4, -0.2) is 6.16 Å². The van der Waals surface area contributed by atoms with Gasteiger partial charge in [-0.2, -0.15) is 0 Å². The fraction of sp³-hybridized carbons (Fsp3) is 0.333. The molecule has 0 aromatic heterocycles. The van der Waals surface area contributed by atoms with Gasteiger partial charge in [-0.1, -0.05) is 60.2 Å². The Morgan fingerprint density at radius 1 is 1.18 bits per heavy atom. The molecule has 0 radical (unpaired) electrons. The first-order chi connectivity index (χ1) is 5.43. The molecule has 0 nitrogen and oxygen atoms in total. The zero-order valence-electron chi connectivity index (χ0n) is 6.80. The Hall–Kier alpha value is 0.0800. The van der Waals surface area contributed by atoms with Gasteiger partial charge in [0.2, 0.25) is 0 Å². The zero-order chi connectivity index (χ0) is 7.94. The minimum atomic E-state index is 1.04. The van der Waals surface area contributed by atoms with Crippen molar-refractivity contribution in [3.05, 3.63) is 30.3 Å². The Labute approximate surface area is 72.3 Å². The molecule has 0 saturated carbocycles. The lowest BCUT2D eigenvalue weighted by Gasteiger charge is -1.98. The van der Waals surface area contributed by atoms with Crippen LogP contribution < -0.4 is 5.30 Å². The highest BCUT2D eigenvalue weighted by Gasteiger charge is 1.88. The molecule has 0 spiro atoms. The van der Waals surface area contributed by atoms with E-state index in [1.54, 1.807) is 0 Å². The van der Waals surface area contributed by atoms with Gasteiger partial charge >= 0.3 is 0 Å². The monoisotopic (exact) mass is 184 g/mol. The van der Waals surface area contributed by atoms with Crippen LogP contribution in [-0.2, 0) is 0 Å². The second-order valence-corrected chi connectivity index (χ2v) is 5.91. The van der Waals surface area contributed by atoms with Crippen molar-refractivity contribution < 1.29 is 0 Å². The molecule has 0 aliphatic carbocycles. The third kappa shape index (κ3) is 3.85. The van der Waals surface area contributed by atoms with Crippen molar-refractivity contribution >= 4 is 21.8 Å². The highest BCUT2D eigenvalue weighted by molar-refractivity contribution is 8.15. The van der Waals surface area contributed by atoms with E-state index in [1.807, 2.05) is 0 Å². The van der Waals surface area contributed by atoms with Gasteiger partial charge in [0.15, 0.2) is 0 Å². The molecule has 0 N–H and O–H groups in total. The van der Waals surface area contributed by atoms with Gasteiger partial charge in [-0.15, -0.1) is 0 Å². The van der Waals surface area contributed by atoms with E-state index in [0.717, 1.165) is 16.5 Å². The molecule has 0 bridgehead atoms. The molecule has 0 aliphatic rings. The van der Waals surface area contributed by atoms with Crippen LogP contribution >= 0.6 is 16.5 Å². The van der Waals surface area contributed by atoms with Crippen molar-refractivity contribution in [1.29, 1.82) is 0 Å². The molecular weight excluding hydrogens is 170 g/mol. The van der Waals surface area contributed by atoms with E-state index < -0.39 is 0 Å². The molecule has 2 atom stereocenters. The van der Waals surface area contributed by atoms with E-state index in [9.17, 15) is 0 Å². The standard InChI is InChI=1S/C9H14P2/c1-2-8-10-11-9-6-4-3-5-7-9/h3-7,10-11H,2,8H2,1H3. The summed E-state index contributed by atoms with van der Waals surface area (Å²) in [4.78, 5) is 0. The largest absolute Gasteiger partial charge is 0.0946 e. The van der Waals surface area contributed by atoms with Crippen LogP contribution in [0.3, 0.4) is 0 Å². The molecule has 2 heteroatoms. The molecule has 2 unspecified atom stereocenters. The van der Waals surface area contributed by atoms with Crippen molar-refractivity contribution in [3.63, 3.8) is 0 Å². The summed E-state index contributed by atoms with van der Waals surface area (Å²) in [5.74, 6) is 0. The fourth-order valence-electron chi connectivity index (χ4n) is 0.811. The van der Waals surface area contributed by atoms with Gasteiger partial charge in [-0.05, 0) is 11.5 Å². The van der Waals surface area contributed by atoms with E-state index in [-0.39, 0.29) is 0 Å². The molecule has 0 fully saturated rings. The van der Waals surface area contributed by atoms with Crippen LogP contribution in [0.15, 0.2) is 30.3 Å². The van der Waals surface area contributed by atoms with Crippen molar-refractivity contribution in [2.75, 3.05) is 6.16 Å². The quantitative estimate of drug-likeness (QED) is 0.498.